The Kier molecular flexibility index (Phi) is 2.41. The number of rotatable bonds is 2. The highest BCUT2D eigenvalue weighted by molar-refractivity contribution is 5.72. The van der Waals surface area contributed by atoms with Gasteiger partial charge in [-0.15, -0.1) is 0 Å². The maximum atomic E-state index is 10.3. The summed E-state index contributed by atoms with van der Waals surface area (Å²) in [5, 5.41) is 2.56. The molecule has 7 heavy (non-hydrogen) atoms. The van der Waals surface area contributed by atoms with E-state index in [-0.39, 0.29) is 12.8 Å². The van der Waals surface area contributed by atoms with Gasteiger partial charge in [0.2, 0.25) is 5.91 Å². The van der Waals surface area contributed by atoms with Crippen LogP contribution >= 0.6 is 0 Å². The molecule has 0 unspecified atom stereocenters. The second kappa shape index (κ2) is 3.65. The summed E-state index contributed by atoms with van der Waals surface area (Å²) in [7, 11) is 0. The van der Waals surface area contributed by atoms with E-state index < -0.39 is 0 Å². The van der Waals surface area contributed by atoms with Gasteiger partial charge in [-0.05, 0) is 6.42 Å². The van der Waals surface area contributed by atoms with Gasteiger partial charge < -0.3 is 5.32 Å². The van der Waals surface area contributed by atoms with Crippen LogP contribution in [0.1, 0.15) is 21.6 Å². The number of carbonyl (C=O) groups is 1. The Morgan fingerprint density at radius 3 is 3.14 bits per heavy atom. The number of hydrogen-bond donors (Lipinski definition) is 1. The zero-order valence-corrected chi connectivity index (χ0v) is 4.53. The van der Waals surface area contributed by atoms with Gasteiger partial charge in [0.05, 0.1) is 0 Å². The van der Waals surface area contributed by atoms with Gasteiger partial charge in [-0.2, -0.15) is 0 Å². The van der Waals surface area contributed by atoms with E-state index in [1.165, 1.54) is 0 Å². The lowest BCUT2D eigenvalue weighted by Crippen LogP contribution is -2.19. The van der Waals surface area contributed by atoms with Crippen molar-refractivity contribution < 1.29 is 6.17 Å². The van der Waals surface area contributed by atoms with Gasteiger partial charge >= 0.3 is 0 Å². The molecule has 0 saturated carbocycles. The Balaban J connectivity index is 2.99. The number of nitrogens with one attached hydrogen (secondary N) is 1. The summed E-state index contributed by atoms with van der Waals surface area (Å²) in [5.74, 6) is -0.188. The lowest BCUT2D eigenvalue weighted by Gasteiger charge is -1.93. The largest absolute Gasteiger partial charge is 0.356 e. The van der Waals surface area contributed by atoms with Crippen LogP contribution < -0.4 is 5.32 Å². The molecule has 2 nitrogen and oxygen atoms in total. The topological polar surface area (TPSA) is 29.1 Å². The Morgan fingerprint density at radius 2 is 2.71 bits per heavy atom. The van der Waals surface area contributed by atoms with Crippen molar-refractivity contribution in [3.63, 3.8) is 0 Å². The molecule has 0 aliphatic carbocycles. The van der Waals surface area contributed by atoms with Crippen LogP contribution in [-0.2, 0) is 4.79 Å². The molecule has 0 radical (unpaired) electrons. The fraction of sp³-hybridized carbons (Fsp3) is 0.800. The van der Waals surface area contributed by atoms with Crippen LogP contribution in [-0.4, -0.2) is 12.5 Å². The van der Waals surface area contributed by atoms with Gasteiger partial charge in [-0.3, -0.25) is 4.79 Å². The molecule has 2 heteroatoms. The molecule has 0 aromatic heterocycles. The highest BCUT2D eigenvalue weighted by Crippen LogP contribution is 1.67. The van der Waals surface area contributed by atoms with Crippen molar-refractivity contribution in [3.05, 3.63) is 0 Å². The minimum atomic E-state index is -0.188. The van der Waals surface area contributed by atoms with E-state index in [0.29, 0.717) is 6.54 Å². The first-order valence-electron chi connectivity index (χ1n) is 3.08. The maximum absolute atomic E-state index is 10.3. The molecule has 1 N–H and O–H groups in total. The van der Waals surface area contributed by atoms with Crippen LogP contribution in [0.2, 0.25) is 0 Å². The first-order chi connectivity index (χ1) is 3.81. The van der Waals surface area contributed by atoms with Gasteiger partial charge in [0.1, 0.15) is 0 Å². The molecule has 0 atom stereocenters. The first kappa shape index (κ1) is 4.62. The molecule has 0 aromatic carbocycles. The molecule has 0 spiro atoms. The summed E-state index contributed by atoms with van der Waals surface area (Å²) in [5.41, 5.74) is 0. The van der Waals surface area contributed by atoms with E-state index in [1.54, 1.807) is 0 Å². The molecule has 0 heterocycles. The number of hydrogen-bond acceptors (Lipinski definition) is 1. The van der Waals surface area contributed by atoms with Crippen LogP contribution in [0.3, 0.4) is 0 Å². The predicted octanol–water partition coefficient (Wildman–Crippen LogP) is 0.532. The maximum Gasteiger partial charge on any atom is 0.216 e. The molecular formula is C5H11NO. The Labute approximate surface area is 45.3 Å². The standard InChI is InChI=1S/C5H11NO/c1-3-4-6-5(2)7/h3-4H2,1-2H3,(H,6,7)/i2D. The highest BCUT2D eigenvalue weighted by Gasteiger charge is 1.83. The molecule has 0 bridgehead atoms. The minimum Gasteiger partial charge on any atom is -0.356 e. The third-order valence-corrected chi connectivity index (χ3v) is 0.572. The van der Waals surface area contributed by atoms with Crippen molar-refractivity contribution in [1.29, 1.82) is 0 Å². The molecular weight excluding hydrogens is 90.1 g/mol. The summed E-state index contributed by atoms with van der Waals surface area (Å²) in [6.45, 7) is 2.52. The first-order valence-corrected chi connectivity index (χ1v) is 2.37. The van der Waals surface area contributed by atoms with Gasteiger partial charge in [0.25, 0.3) is 0 Å². The Morgan fingerprint density at radius 1 is 2.00 bits per heavy atom. The minimum absolute atomic E-state index is 0.153. The fourth-order valence-corrected chi connectivity index (χ4v) is 0.264. The van der Waals surface area contributed by atoms with Gasteiger partial charge in [0.15, 0.2) is 0 Å². The second-order valence-electron chi connectivity index (χ2n) is 1.35. The smallest absolute Gasteiger partial charge is 0.216 e. The van der Waals surface area contributed by atoms with Crippen molar-refractivity contribution in [2.24, 2.45) is 0 Å². The monoisotopic (exact) mass is 102 g/mol. The molecule has 0 saturated heterocycles. The van der Waals surface area contributed by atoms with E-state index >= 15 is 0 Å². The Bertz CT molecular complexity index is 74.8. The second-order valence-corrected chi connectivity index (χ2v) is 1.35. The Hall–Kier alpha value is -0.530. The quantitative estimate of drug-likeness (QED) is 0.541. The lowest BCUT2D eigenvalue weighted by atomic mass is 10.5. The molecule has 0 aliphatic heterocycles. The van der Waals surface area contributed by atoms with E-state index in [9.17, 15) is 4.79 Å². The van der Waals surface area contributed by atoms with Gasteiger partial charge in [-0.1, -0.05) is 6.92 Å². The normalized spacial score (nSPS) is 10.1. The average Bonchev–Trinajstić information content (AvgIpc) is 1.83. The van der Waals surface area contributed by atoms with Crippen LogP contribution in [0.5, 0.6) is 0 Å². The summed E-state index contributed by atoms with van der Waals surface area (Å²) in [6, 6.07) is 0. The van der Waals surface area contributed by atoms with E-state index in [4.69, 9.17) is 1.37 Å². The third-order valence-electron chi connectivity index (χ3n) is 0.572. The zero-order chi connectivity index (χ0) is 6.41. The molecule has 0 aromatic rings. The third kappa shape index (κ3) is 5.47. The molecule has 0 fully saturated rings. The molecule has 0 aliphatic rings. The fourth-order valence-electron chi connectivity index (χ4n) is 0.264. The number of carbonyl (C=O) groups excluding carboxylic acids is 1. The molecule has 0 rings (SSSR count). The lowest BCUT2D eigenvalue weighted by molar-refractivity contribution is -0.118. The number of amides is 1. The van der Waals surface area contributed by atoms with Crippen LogP contribution in [0.25, 0.3) is 0 Å². The van der Waals surface area contributed by atoms with Crippen LogP contribution in [0, 0.1) is 0 Å². The SMILES string of the molecule is [2H]CC(=O)NCCC. The average molecular weight is 102 g/mol. The zero-order valence-electron chi connectivity index (χ0n) is 5.53. The van der Waals surface area contributed by atoms with Gasteiger partial charge in [0, 0.05) is 14.8 Å². The molecule has 42 valence electrons. The van der Waals surface area contributed by atoms with Crippen molar-refractivity contribution in [1.82, 2.24) is 5.32 Å². The van der Waals surface area contributed by atoms with Crippen molar-refractivity contribution in [3.8, 4) is 0 Å². The molecule has 1 amide bonds. The highest BCUT2D eigenvalue weighted by atomic mass is 16.1. The van der Waals surface area contributed by atoms with E-state index in [0.717, 1.165) is 6.42 Å². The summed E-state index contributed by atoms with van der Waals surface area (Å²) in [4.78, 5) is 10.3. The van der Waals surface area contributed by atoms with Gasteiger partial charge in [-0.25, -0.2) is 0 Å². The van der Waals surface area contributed by atoms with Crippen LogP contribution in [0.15, 0.2) is 0 Å². The van der Waals surface area contributed by atoms with Crippen LogP contribution in [0.4, 0.5) is 0 Å². The van der Waals surface area contributed by atoms with E-state index in [2.05, 4.69) is 5.32 Å². The summed E-state index contributed by atoms with van der Waals surface area (Å²) >= 11 is 0. The van der Waals surface area contributed by atoms with E-state index in [1.807, 2.05) is 6.92 Å². The van der Waals surface area contributed by atoms with Crippen molar-refractivity contribution >= 4 is 5.91 Å². The van der Waals surface area contributed by atoms with Crippen molar-refractivity contribution in [2.45, 2.75) is 20.2 Å². The van der Waals surface area contributed by atoms with Crippen molar-refractivity contribution in [2.75, 3.05) is 6.54 Å². The predicted molar refractivity (Wildman–Crippen MR) is 29.0 cm³/mol. The summed E-state index contributed by atoms with van der Waals surface area (Å²) in [6.07, 6.45) is 0.936. The summed E-state index contributed by atoms with van der Waals surface area (Å²) < 4.78 is 6.58.